The third kappa shape index (κ3) is 3.42. The van der Waals surface area contributed by atoms with Crippen molar-refractivity contribution in [3.63, 3.8) is 0 Å². The van der Waals surface area contributed by atoms with E-state index in [1.54, 1.807) is 11.9 Å². The maximum Gasteiger partial charge on any atom is 0.312 e. The van der Waals surface area contributed by atoms with E-state index in [1.807, 2.05) is 30.3 Å². The Balaban J connectivity index is 1.34. The Hall–Kier alpha value is -1.36. The third-order valence-electron chi connectivity index (χ3n) is 6.44. The average molecular weight is 420 g/mol. The monoisotopic (exact) mass is 419 g/mol. The zero-order valence-corrected chi connectivity index (χ0v) is 16.8. The maximum absolute atomic E-state index is 12.9. The molecular formula is C21H26BrNO3. The molecule has 0 radical (unpaired) electrons. The number of halogens is 1. The van der Waals surface area contributed by atoms with Crippen LogP contribution in [0.1, 0.15) is 44.1 Å². The number of benzene rings is 1. The number of likely N-dealkylation sites (N-methyl/N-ethyl adjacent to an activating group) is 1. The first-order valence-electron chi connectivity index (χ1n) is 9.52. The van der Waals surface area contributed by atoms with Crippen LogP contribution in [0.4, 0.5) is 0 Å². The number of ether oxygens (including phenoxy) is 1. The minimum absolute atomic E-state index is 0.115. The molecule has 4 saturated carbocycles. The van der Waals surface area contributed by atoms with Gasteiger partial charge in [0.1, 0.15) is 0 Å². The van der Waals surface area contributed by atoms with Gasteiger partial charge in [0.25, 0.3) is 5.91 Å². The molecule has 0 aromatic heterocycles. The van der Waals surface area contributed by atoms with Crippen LogP contribution in [0, 0.1) is 17.3 Å². The van der Waals surface area contributed by atoms with Crippen LogP contribution in [0.3, 0.4) is 0 Å². The van der Waals surface area contributed by atoms with Gasteiger partial charge in [-0.05, 0) is 55.9 Å². The summed E-state index contributed by atoms with van der Waals surface area (Å²) in [7, 11) is 1.75. The molecule has 2 atom stereocenters. The van der Waals surface area contributed by atoms with Gasteiger partial charge in [0.2, 0.25) is 0 Å². The van der Waals surface area contributed by atoms with Crippen molar-refractivity contribution in [1.82, 2.24) is 4.90 Å². The lowest BCUT2D eigenvalue weighted by atomic mass is 9.49. The van der Waals surface area contributed by atoms with Crippen molar-refractivity contribution >= 4 is 27.8 Å². The van der Waals surface area contributed by atoms with Gasteiger partial charge in [-0.1, -0.05) is 46.3 Å². The maximum atomic E-state index is 12.9. The lowest BCUT2D eigenvalue weighted by Crippen LogP contribution is -2.56. The number of hydrogen-bond acceptors (Lipinski definition) is 3. The molecule has 2 unspecified atom stereocenters. The number of esters is 1. The summed E-state index contributed by atoms with van der Waals surface area (Å²) < 4.78 is 5.66. The molecule has 1 aromatic rings. The molecule has 0 spiro atoms. The highest BCUT2D eigenvalue weighted by molar-refractivity contribution is 9.10. The zero-order chi connectivity index (χ0) is 18.4. The summed E-state index contributed by atoms with van der Waals surface area (Å²) in [5, 5.41) is 0. The standard InChI is InChI=1S/C21H26BrNO3/c1-23(12-15-5-3-2-4-6-15)18(24)13-26-19(25)20-8-16-7-17(9-20)11-21(22,10-16)14-20/h2-6,16-17H,7-14H2,1H3. The highest BCUT2D eigenvalue weighted by Gasteiger charge is 2.60. The van der Waals surface area contributed by atoms with Crippen LogP contribution in [0.25, 0.3) is 0 Å². The highest BCUT2D eigenvalue weighted by atomic mass is 79.9. The van der Waals surface area contributed by atoms with Gasteiger partial charge >= 0.3 is 5.97 Å². The molecule has 4 aliphatic rings. The van der Waals surface area contributed by atoms with E-state index in [9.17, 15) is 9.59 Å². The number of carbonyl (C=O) groups is 2. The van der Waals surface area contributed by atoms with Gasteiger partial charge in [0.05, 0.1) is 5.41 Å². The van der Waals surface area contributed by atoms with E-state index in [1.165, 1.54) is 19.3 Å². The van der Waals surface area contributed by atoms with E-state index in [0.29, 0.717) is 18.4 Å². The number of hydrogen-bond donors (Lipinski definition) is 0. The van der Waals surface area contributed by atoms with Crippen LogP contribution >= 0.6 is 15.9 Å². The van der Waals surface area contributed by atoms with Crippen molar-refractivity contribution in [1.29, 1.82) is 0 Å². The Bertz CT molecular complexity index is 690. The molecule has 26 heavy (non-hydrogen) atoms. The van der Waals surface area contributed by atoms with Crippen LogP contribution < -0.4 is 0 Å². The molecule has 5 heteroatoms. The van der Waals surface area contributed by atoms with Gasteiger partial charge in [0.15, 0.2) is 6.61 Å². The first kappa shape index (κ1) is 18.0. The quantitative estimate of drug-likeness (QED) is 0.536. The second-order valence-electron chi connectivity index (χ2n) is 8.70. The second-order valence-corrected chi connectivity index (χ2v) is 10.4. The number of carbonyl (C=O) groups excluding carboxylic acids is 2. The van der Waals surface area contributed by atoms with E-state index in [2.05, 4.69) is 15.9 Å². The summed E-state index contributed by atoms with van der Waals surface area (Å²) >= 11 is 3.92. The smallest absolute Gasteiger partial charge is 0.312 e. The summed E-state index contributed by atoms with van der Waals surface area (Å²) in [6.07, 6.45) is 6.34. The highest BCUT2D eigenvalue weighted by Crippen LogP contribution is 2.64. The minimum Gasteiger partial charge on any atom is -0.455 e. The van der Waals surface area contributed by atoms with E-state index >= 15 is 0 Å². The lowest BCUT2D eigenvalue weighted by Gasteiger charge is -2.58. The third-order valence-corrected chi connectivity index (χ3v) is 7.37. The summed E-state index contributed by atoms with van der Waals surface area (Å²) in [6, 6.07) is 9.84. The fourth-order valence-electron chi connectivity index (χ4n) is 5.73. The molecule has 0 heterocycles. The molecule has 0 N–H and O–H groups in total. The van der Waals surface area contributed by atoms with Gasteiger partial charge in [0, 0.05) is 17.9 Å². The molecule has 0 saturated heterocycles. The molecule has 0 aliphatic heterocycles. The number of alkyl halides is 1. The molecule has 1 aromatic carbocycles. The van der Waals surface area contributed by atoms with E-state index in [0.717, 1.165) is 24.8 Å². The first-order chi connectivity index (χ1) is 12.4. The Morgan fingerprint density at radius 3 is 2.42 bits per heavy atom. The minimum atomic E-state index is -0.369. The van der Waals surface area contributed by atoms with Gasteiger partial charge < -0.3 is 9.64 Å². The van der Waals surface area contributed by atoms with Crippen molar-refractivity contribution in [3.05, 3.63) is 35.9 Å². The summed E-state index contributed by atoms with van der Waals surface area (Å²) in [4.78, 5) is 26.9. The predicted octanol–water partition coefficient (Wildman–Crippen LogP) is 3.92. The molecule has 4 bridgehead atoms. The van der Waals surface area contributed by atoms with Crippen LogP contribution in [0.2, 0.25) is 0 Å². The summed E-state index contributed by atoms with van der Waals surface area (Å²) in [6.45, 7) is 0.367. The summed E-state index contributed by atoms with van der Waals surface area (Å²) in [5.41, 5.74) is 0.697. The number of amides is 1. The van der Waals surface area contributed by atoms with Crippen molar-refractivity contribution in [2.45, 2.75) is 49.4 Å². The van der Waals surface area contributed by atoms with Crippen LogP contribution in [-0.4, -0.2) is 34.8 Å². The number of rotatable bonds is 5. The number of nitrogens with zero attached hydrogens (tertiary/aromatic N) is 1. The fraction of sp³-hybridized carbons (Fsp3) is 0.619. The SMILES string of the molecule is CN(Cc1ccccc1)C(=O)COC(=O)C12CC3CC(CC(Br)(C3)C1)C2. The van der Waals surface area contributed by atoms with Crippen molar-refractivity contribution in [2.75, 3.05) is 13.7 Å². The molecule has 5 rings (SSSR count). The Labute approximate surface area is 163 Å². The second kappa shape index (κ2) is 6.66. The van der Waals surface area contributed by atoms with Crippen LogP contribution in [0.15, 0.2) is 30.3 Å². The molecular weight excluding hydrogens is 394 g/mol. The van der Waals surface area contributed by atoms with Crippen molar-refractivity contribution in [3.8, 4) is 0 Å². The Morgan fingerprint density at radius 1 is 1.15 bits per heavy atom. The molecule has 1 amide bonds. The van der Waals surface area contributed by atoms with Crippen molar-refractivity contribution in [2.24, 2.45) is 17.3 Å². The molecule has 4 fully saturated rings. The Morgan fingerprint density at radius 2 is 1.81 bits per heavy atom. The van der Waals surface area contributed by atoms with E-state index in [4.69, 9.17) is 4.74 Å². The average Bonchev–Trinajstić information content (AvgIpc) is 2.58. The first-order valence-corrected chi connectivity index (χ1v) is 10.3. The van der Waals surface area contributed by atoms with Gasteiger partial charge in [-0.3, -0.25) is 9.59 Å². The normalized spacial score (nSPS) is 34.5. The van der Waals surface area contributed by atoms with Crippen LogP contribution in [0.5, 0.6) is 0 Å². The van der Waals surface area contributed by atoms with Crippen LogP contribution in [-0.2, 0) is 20.9 Å². The lowest BCUT2D eigenvalue weighted by molar-refractivity contribution is -0.172. The zero-order valence-electron chi connectivity index (χ0n) is 15.2. The predicted molar refractivity (Wildman–Crippen MR) is 103 cm³/mol. The molecule has 4 aliphatic carbocycles. The van der Waals surface area contributed by atoms with Gasteiger partial charge in [-0.25, -0.2) is 0 Å². The van der Waals surface area contributed by atoms with Gasteiger partial charge in [-0.15, -0.1) is 0 Å². The van der Waals surface area contributed by atoms with E-state index < -0.39 is 0 Å². The van der Waals surface area contributed by atoms with E-state index in [-0.39, 0.29) is 28.2 Å². The largest absolute Gasteiger partial charge is 0.455 e. The topological polar surface area (TPSA) is 46.6 Å². The Kier molecular flexibility index (Phi) is 4.62. The van der Waals surface area contributed by atoms with Gasteiger partial charge in [-0.2, -0.15) is 0 Å². The molecule has 4 nitrogen and oxygen atoms in total. The molecule has 140 valence electrons. The van der Waals surface area contributed by atoms with Crippen molar-refractivity contribution < 1.29 is 14.3 Å². The fourth-order valence-corrected chi connectivity index (χ4v) is 7.18. The summed E-state index contributed by atoms with van der Waals surface area (Å²) in [5.74, 6) is 0.941.